The van der Waals surface area contributed by atoms with Crippen LogP contribution in [0.2, 0.25) is 0 Å². The Bertz CT molecular complexity index is 1240. The van der Waals surface area contributed by atoms with Crippen LogP contribution < -0.4 is 14.4 Å². The summed E-state index contributed by atoms with van der Waals surface area (Å²) in [5, 5.41) is 3.18. The second-order valence-corrected chi connectivity index (χ2v) is 9.67. The summed E-state index contributed by atoms with van der Waals surface area (Å²) in [4.78, 5) is 11.3. The smallest absolute Gasteiger partial charge is 0.163 e. The molecule has 1 fully saturated rings. The highest BCUT2D eigenvalue weighted by atomic mass is 32.1. The van der Waals surface area contributed by atoms with Crippen LogP contribution in [0, 0.1) is 6.92 Å². The van der Waals surface area contributed by atoms with E-state index in [9.17, 15) is 0 Å². The zero-order valence-corrected chi connectivity index (χ0v) is 20.4. The quantitative estimate of drug-likeness (QED) is 0.272. The van der Waals surface area contributed by atoms with Gasteiger partial charge in [0.1, 0.15) is 0 Å². The number of anilines is 2. The number of aromatic nitrogens is 2. The number of methoxy groups -OCH3 is 1. The molecule has 2 aromatic heterocycles. The van der Waals surface area contributed by atoms with Crippen LogP contribution in [0.5, 0.6) is 11.5 Å². The zero-order valence-electron chi connectivity index (χ0n) is 19.6. The third-order valence-electron chi connectivity index (χ3n) is 6.19. The van der Waals surface area contributed by atoms with Crippen molar-refractivity contribution in [2.24, 2.45) is 0 Å². The van der Waals surface area contributed by atoms with E-state index in [1.54, 1.807) is 24.6 Å². The first kappa shape index (κ1) is 22.4. The molecule has 1 aliphatic carbocycles. The van der Waals surface area contributed by atoms with Gasteiger partial charge >= 0.3 is 0 Å². The lowest BCUT2D eigenvalue weighted by Gasteiger charge is -2.27. The molecule has 4 aromatic rings. The predicted octanol–water partition coefficient (Wildman–Crippen LogP) is 7.18. The van der Waals surface area contributed by atoms with Crippen molar-refractivity contribution in [1.82, 2.24) is 9.97 Å². The van der Waals surface area contributed by atoms with Gasteiger partial charge < -0.3 is 14.4 Å². The number of benzene rings is 2. The number of aryl methyl sites for hydroxylation is 1. The lowest BCUT2D eigenvalue weighted by Crippen LogP contribution is -2.17. The molecule has 0 N–H and O–H groups in total. The van der Waals surface area contributed by atoms with Crippen molar-refractivity contribution in [3.8, 4) is 22.8 Å². The highest BCUT2D eigenvalue weighted by Crippen LogP contribution is 2.38. The Balaban J connectivity index is 1.54. The largest absolute Gasteiger partial charge is 0.493 e. The summed E-state index contributed by atoms with van der Waals surface area (Å²) in [6.45, 7) is 2.72. The van der Waals surface area contributed by atoms with Crippen LogP contribution in [0.1, 0.15) is 36.3 Å². The van der Waals surface area contributed by atoms with Crippen molar-refractivity contribution < 1.29 is 9.47 Å². The van der Waals surface area contributed by atoms with Crippen molar-refractivity contribution in [3.63, 3.8) is 0 Å². The van der Waals surface area contributed by atoms with E-state index in [0.29, 0.717) is 6.54 Å². The molecule has 2 heterocycles. The lowest BCUT2D eigenvalue weighted by molar-refractivity contribution is 0.201. The second-order valence-electron chi connectivity index (χ2n) is 8.61. The molecule has 1 aliphatic rings. The van der Waals surface area contributed by atoms with E-state index in [2.05, 4.69) is 62.7 Å². The summed E-state index contributed by atoms with van der Waals surface area (Å²) in [5.74, 6) is 1.57. The number of ether oxygens (including phenoxy) is 2. The molecule has 0 amide bonds. The predicted molar refractivity (Wildman–Crippen MR) is 138 cm³/mol. The topological polar surface area (TPSA) is 47.5 Å². The van der Waals surface area contributed by atoms with Crippen molar-refractivity contribution in [2.45, 2.75) is 45.3 Å². The highest BCUT2D eigenvalue weighted by molar-refractivity contribution is 7.09. The van der Waals surface area contributed by atoms with E-state index >= 15 is 0 Å². The maximum atomic E-state index is 6.40. The Labute approximate surface area is 205 Å². The van der Waals surface area contributed by atoms with Crippen LogP contribution >= 0.6 is 11.3 Å². The number of pyridine rings is 1. The molecule has 174 valence electrons. The van der Waals surface area contributed by atoms with Crippen LogP contribution in [0.4, 0.5) is 11.4 Å². The standard InChI is InChI=1S/C28H29N3O2S/c1-20-30-26(19-34-20)22-8-5-9-23(15-22)31(18-21-7-6-14-29-17-21)24-12-13-27(32-2)28(16-24)33-25-10-3-4-11-25/h5-9,12-17,19,25H,3-4,10-11,18H2,1-2H3. The first-order valence-electron chi connectivity index (χ1n) is 11.7. The molecular weight excluding hydrogens is 442 g/mol. The molecular formula is C28H29N3O2S. The fourth-order valence-corrected chi connectivity index (χ4v) is 5.07. The van der Waals surface area contributed by atoms with Crippen molar-refractivity contribution in [1.29, 1.82) is 0 Å². The first-order chi connectivity index (χ1) is 16.7. The highest BCUT2D eigenvalue weighted by Gasteiger charge is 2.20. The molecule has 0 radical (unpaired) electrons. The van der Waals surface area contributed by atoms with Gasteiger partial charge in [-0.1, -0.05) is 18.2 Å². The Morgan fingerprint density at radius 3 is 2.59 bits per heavy atom. The fourth-order valence-electron chi connectivity index (χ4n) is 4.45. The Morgan fingerprint density at radius 2 is 1.85 bits per heavy atom. The van der Waals surface area contributed by atoms with Crippen molar-refractivity contribution >= 4 is 22.7 Å². The van der Waals surface area contributed by atoms with Crippen LogP contribution in [0.15, 0.2) is 72.4 Å². The Morgan fingerprint density at radius 1 is 1.00 bits per heavy atom. The average molecular weight is 472 g/mol. The van der Waals surface area contributed by atoms with Gasteiger partial charge in [-0.3, -0.25) is 4.98 Å². The minimum Gasteiger partial charge on any atom is -0.493 e. The molecule has 1 saturated carbocycles. The van der Waals surface area contributed by atoms with E-state index in [1.807, 2.05) is 25.3 Å². The third-order valence-corrected chi connectivity index (χ3v) is 6.96. The molecule has 0 bridgehead atoms. The summed E-state index contributed by atoms with van der Waals surface area (Å²) in [5.41, 5.74) is 5.37. The van der Waals surface area contributed by atoms with E-state index in [0.717, 1.165) is 57.5 Å². The molecule has 6 heteroatoms. The number of hydrogen-bond acceptors (Lipinski definition) is 6. The van der Waals surface area contributed by atoms with Crippen LogP contribution in [-0.2, 0) is 6.54 Å². The summed E-state index contributed by atoms with van der Waals surface area (Å²) in [6, 6.07) is 18.8. The minimum atomic E-state index is 0.257. The maximum absolute atomic E-state index is 6.40. The van der Waals surface area contributed by atoms with Crippen LogP contribution in [0.25, 0.3) is 11.3 Å². The SMILES string of the molecule is COc1ccc(N(Cc2cccnc2)c2cccc(-c3csc(C)n3)c2)cc1OC1CCCC1. The van der Waals surface area contributed by atoms with E-state index < -0.39 is 0 Å². The Kier molecular flexibility index (Phi) is 6.77. The minimum absolute atomic E-state index is 0.257. The average Bonchev–Trinajstić information content (AvgIpc) is 3.55. The molecule has 5 rings (SSSR count). The van der Waals surface area contributed by atoms with E-state index in [4.69, 9.17) is 9.47 Å². The van der Waals surface area contributed by atoms with Crippen LogP contribution in [-0.4, -0.2) is 23.2 Å². The maximum Gasteiger partial charge on any atom is 0.163 e. The third kappa shape index (κ3) is 5.07. The normalized spacial score (nSPS) is 13.7. The first-order valence-corrected chi connectivity index (χ1v) is 12.6. The monoisotopic (exact) mass is 471 g/mol. The van der Waals surface area contributed by atoms with Gasteiger partial charge in [0.25, 0.3) is 0 Å². The number of rotatable bonds is 8. The van der Waals surface area contributed by atoms with Crippen molar-refractivity contribution in [2.75, 3.05) is 12.0 Å². The summed E-state index contributed by atoms with van der Waals surface area (Å²) < 4.78 is 12.0. The molecule has 0 atom stereocenters. The summed E-state index contributed by atoms with van der Waals surface area (Å²) >= 11 is 1.67. The zero-order chi connectivity index (χ0) is 23.3. The number of thiazole rings is 1. The molecule has 2 aromatic carbocycles. The van der Waals surface area contributed by atoms with Crippen LogP contribution in [0.3, 0.4) is 0 Å². The molecule has 0 aliphatic heterocycles. The molecule has 0 unspecified atom stereocenters. The van der Waals surface area contributed by atoms with Gasteiger partial charge in [0.05, 0.1) is 23.9 Å². The van der Waals surface area contributed by atoms with Gasteiger partial charge in [0.2, 0.25) is 0 Å². The fraction of sp³-hybridized carbons (Fsp3) is 0.286. The molecule has 5 nitrogen and oxygen atoms in total. The molecule has 0 spiro atoms. The van der Waals surface area contributed by atoms with Gasteiger partial charge in [-0.2, -0.15) is 0 Å². The number of hydrogen-bond donors (Lipinski definition) is 0. The van der Waals surface area contributed by atoms with Gasteiger partial charge in [-0.15, -0.1) is 11.3 Å². The van der Waals surface area contributed by atoms with Gasteiger partial charge in [0.15, 0.2) is 11.5 Å². The van der Waals surface area contributed by atoms with Gasteiger partial charge in [-0.25, -0.2) is 4.98 Å². The van der Waals surface area contributed by atoms with Crippen molar-refractivity contribution in [3.05, 3.63) is 82.9 Å². The Hall–Kier alpha value is -3.38. The van der Waals surface area contributed by atoms with E-state index in [-0.39, 0.29) is 6.10 Å². The second kappa shape index (κ2) is 10.3. The van der Waals surface area contributed by atoms with E-state index in [1.165, 1.54) is 12.8 Å². The van der Waals surface area contributed by atoms with Gasteiger partial charge in [-0.05, 0) is 68.5 Å². The lowest BCUT2D eigenvalue weighted by atomic mass is 10.1. The van der Waals surface area contributed by atoms with Gasteiger partial charge in [0, 0.05) is 47.3 Å². The summed E-state index contributed by atoms with van der Waals surface area (Å²) in [7, 11) is 1.70. The number of nitrogens with zero attached hydrogens (tertiary/aromatic N) is 3. The molecule has 34 heavy (non-hydrogen) atoms. The summed E-state index contributed by atoms with van der Waals surface area (Å²) in [6.07, 6.45) is 8.63. The molecule has 0 saturated heterocycles.